The van der Waals surface area contributed by atoms with E-state index in [9.17, 15) is 59.4 Å². The molecule has 598 valence electrons. The maximum atomic E-state index is 15.6. The number of allylic oxidation sites excluding steroid dienone is 4. The zero-order valence-electron chi connectivity index (χ0n) is 65.3. The van der Waals surface area contributed by atoms with Gasteiger partial charge in [0, 0.05) is 114 Å². The molecule has 4 saturated heterocycles. The number of aliphatic hydroxyl groups excluding tert-OH is 5. The first-order valence-corrected chi connectivity index (χ1v) is 37.0. The zero-order chi connectivity index (χ0) is 79.5. The Morgan fingerprint density at radius 1 is 0.766 bits per heavy atom. The number of likely N-dealkylation sites (tertiary alicyclic amines) is 1. The highest BCUT2D eigenvalue weighted by atomic mass is 16.7. The summed E-state index contributed by atoms with van der Waals surface area (Å²) in [6, 6.07) is -1.23. The lowest BCUT2D eigenvalue weighted by atomic mass is 9.78. The van der Waals surface area contributed by atoms with Gasteiger partial charge in [-0.15, -0.1) is 0 Å². The molecule has 2 amide bonds. The predicted molar refractivity (Wildman–Crippen MR) is 383 cm³/mol. The molecule has 4 fully saturated rings. The van der Waals surface area contributed by atoms with Crippen LogP contribution in [0.3, 0.4) is 0 Å². The molecule has 0 radical (unpaired) electrons. The number of carbonyl (C=O) groups excluding carboxylic acids is 8. The Labute approximate surface area is 626 Å². The van der Waals surface area contributed by atoms with Crippen molar-refractivity contribution in [3.05, 3.63) is 69.8 Å². The number of hydrogen-bond acceptors (Lipinski definition) is 28. The molecule has 0 unspecified atom stereocenters. The fourth-order valence-electron chi connectivity index (χ4n) is 15.9. The average Bonchev–Trinajstić information content (AvgIpc) is 1.64. The van der Waals surface area contributed by atoms with Crippen LogP contribution < -0.4 is 15.4 Å². The number of ether oxygens (including phenoxy) is 12. The van der Waals surface area contributed by atoms with Crippen LogP contribution in [-0.4, -0.2) is 257 Å². The van der Waals surface area contributed by atoms with Gasteiger partial charge in [0.05, 0.1) is 89.3 Å². The van der Waals surface area contributed by atoms with Gasteiger partial charge in [-0.3, -0.25) is 33.6 Å². The van der Waals surface area contributed by atoms with Gasteiger partial charge in [0.15, 0.2) is 18.7 Å². The number of alkyl carbamates (subject to hydrolysis) is 1. The maximum Gasteiger partial charge on any atom is 0.407 e. The number of aliphatic hydroxyl groups is 5. The maximum absolute atomic E-state index is 15.6. The first kappa shape index (κ1) is 85.8. The minimum Gasteiger partial charge on any atom is -0.507 e. The molecular weight excluding hydrogens is 1400 g/mol. The molecular formula is C77H114N4O26. The number of hydrogen-bond donors (Lipinski definition) is 8. The lowest BCUT2D eigenvalue weighted by Gasteiger charge is -2.49. The highest BCUT2D eigenvalue weighted by Gasteiger charge is 2.57. The molecule has 7 heterocycles. The summed E-state index contributed by atoms with van der Waals surface area (Å²) in [7, 11) is 7.90. The van der Waals surface area contributed by atoms with Gasteiger partial charge < -0.3 is 108 Å². The standard InChI is InChI=1S/C77H114N4O26/c1-21-51-62(89)60(87)38(5)48(83)25-28-75(13,97-19)69(105-73-61(88)47(80(16)17)31-37(4)100-73)42(9)66(43(10)72(94)103-51)104-53-33-76(14,98-20)70(44(11)101-53)106-74(95)78-46-26-29-81(34-46)58-57-63(90)55-54(64(58)91)56-67(41(8)59(55)86)107-77(15,68(56)92)99-30-27-52(96-18)40(7)65(102-45(12)82)39(6)50(85)32-49(84)35(2)23-22-24-36(3)71(93)79-57/h22-24,27,30,35,37-40,42-44,46-47,49-53,60-62,65-66,69-70,73,84-89H,21,25-26,28-29,31-34H2,1-20H3,(H,78,95)(H,79,93)/b23-22+,30-27+,36-24-/t35-,37+,38-,39+,40+,42-,43+,44-,46+,47-,49+,50+,51+,52-,53-,60+,61+,62+,65-,66-,69+,70-,73-,75+,76+,77-/m0/s1. The number of rotatable bonds is 13. The SMILES string of the molecule is CC[C@H]1OC(=O)[C@H](C)[C@@H](O[C@H]2C[C@@](C)(OC)[C@@H](OC(=O)N[C@@H]3CCN(C4=C5NC(=O)/C(C)=C\C=C\[C@H](C)[C@H](O)C[C@@H](O)[C@@H](C)[C@H](OC(C)=O)[C@H](C)[C@@H](OC)/C=C/O[C@@]6(C)Oc7c(C)c(O)c(c(c7C6=O)C4=O)C5=O)C3)[C@H](C)O2)[C@H](C)[C@@H](O[C@@H]2O[C@H](C)C[C@H](N(C)C)[C@H]2O)[C@](C)(OC)CCC(=O)[C@H](C)[C@@H](O)[C@@H]1O. The predicted octanol–water partition coefficient (Wildman–Crippen LogP) is 5.34. The first-order chi connectivity index (χ1) is 50.1. The van der Waals surface area contributed by atoms with E-state index >= 15 is 9.59 Å². The molecule has 107 heavy (non-hydrogen) atoms. The molecule has 8 N–H and O–H groups in total. The van der Waals surface area contributed by atoms with E-state index < -0.39 is 226 Å². The van der Waals surface area contributed by atoms with Gasteiger partial charge in [-0.2, -0.15) is 0 Å². The van der Waals surface area contributed by atoms with E-state index in [1.165, 1.54) is 79.1 Å². The highest BCUT2D eigenvalue weighted by Crippen LogP contribution is 2.50. The van der Waals surface area contributed by atoms with Crippen LogP contribution in [0.2, 0.25) is 0 Å². The fraction of sp³-hybridized carbons (Fsp3) is 0.714. The van der Waals surface area contributed by atoms with E-state index in [0.717, 1.165) is 6.26 Å². The van der Waals surface area contributed by atoms with Crippen molar-refractivity contribution in [1.82, 2.24) is 20.4 Å². The average molecular weight is 1510 g/mol. The molecule has 9 rings (SSSR count). The summed E-state index contributed by atoms with van der Waals surface area (Å²) in [5, 5.41) is 75.1. The number of Topliss-reactive ketones (excluding diaryl/α,β-unsaturated/α-hetero) is 4. The van der Waals surface area contributed by atoms with Gasteiger partial charge in [0.1, 0.15) is 58.7 Å². The summed E-state index contributed by atoms with van der Waals surface area (Å²) in [5.41, 5.74) is -5.35. The summed E-state index contributed by atoms with van der Waals surface area (Å²) in [5.74, 6) is -14.1. The summed E-state index contributed by atoms with van der Waals surface area (Å²) in [6.45, 7) is 23.5. The number of esters is 2. The van der Waals surface area contributed by atoms with Crippen LogP contribution in [-0.2, 0) is 71.3 Å². The highest BCUT2D eigenvalue weighted by molar-refractivity contribution is 6.32. The molecule has 8 aliphatic rings. The number of nitrogens with one attached hydrogen (secondary N) is 2. The molecule has 30 heteroatoms. The van der Waals surface area contributed by atoms with Crippen molar-refractivity contribution < 1.29 is 126 Å². The minimum atomic E-state index is -2.24. The van der Waals surface area contributed by atoms with E-state index in [0.29, 0.717) is 6.42 Å². The first-order valence-electron chi connectivity index (χ1n) is 37.0. The Bertz CT molecular complexity index is 3580. The molecule has 7 aliphatic heterocycles. The number of methoxy groups -OCH3 is 3. The van der Waals surface area contributed by atoms with E-state index in [-0.39, 0.29) is 80.3 Å². The number of benzene rings is 1. The van der Waals surface area contributed by atoms with Crippen LogP contribution in [0.1, 0.15) is 179 Å². The van der Waals surface area contributed by atoms with E-state index in [1.807, 2.05) is 25.9 Å². The second-order valence-electron chi connectivity index (χ2n) is 31.0. The second kappa shape index (κ2) is 35.1. The number of ketones is 4. The zero-order valence-corrected chi connectivity index (χ0v) is 65.3. The smallest absolute Gasteiger partial charge is 0.407 e. The van der Waals surface area contributed by atoms with Crippen LogP contribution in [0, 0.1) is 42.4 Å². The normalized spacial score (nSPS) is 40.0. The molecule has 0 spiro atoms. The number of amides is 2. The van der Waals surface area contributed by atoms with Gasteiger partial charge in [-0.1, -0.05) is 59.8 Å². The molecule has 30 nitrogen and oxygen atoms in total. The number of nitrogens with zero attached hydrogens (tertiary/aromatic N) is 2. The molecule has 0 saturated carbocycles. The van der Waals surface area contributed by atoms with Gasteiger partial charge >= 0.3 is 23.8 Å². The van der Waals surface area contributed by atoms with E-state index in [1.54, 1.807) is 68.4 Å². The van der Waals surface area contributed by atoms with Crippen LogP contribution in [0.5, 0.6) is 11.5 Å². The van der Waals surface area contributed by atoms with Crippen molar-refractivity contribution in [1.29, 1.82) is 0 Å². The molecule has 1 aromatic carbocycles. The molecule has 26 atom stereocenters. The van der Waals surface area contributed by atoms with Crippen LogP contribution in [0.4, 0.5) is 4.79 Å². The van der Waals surface area contributed by atoms with Crippen molar-refractivity contribution >= 4 is 47.1 Å². The Balaban J connectivity index is 1.08. The summed E-state index contributed by atoms with van der Waals surface area (Å²) >= 11 is 0. The van der Waals surface area contributed by atoms with E-state index in [4.69, 9.17) is 56.8 Å². The van der Waals surface area contributed by atoms with Crippen LogP contribution in [0.25, 0.3) is 0 Å². The van der Waals surface area contributed by atoms with Gasteiger partial charge in [0.25, 0.3) is 11.7 Å². The fourth-order valence-corrected chi connectivity index (χ4v) is 15.9. The van der Waals surface area contributed by atoms with Gasteiger partial charge in [-0.05, 0) is 94.3 Å². The Morgan fingerprint density at radius 2 is 1.44 bits per heavy atom. The van der Waals surface area contributed by atoms with Crippen molar-refractivity contribution in [3.8, 4) is 11.5 Å². The summed E-state index contributed by atoms with van der Waals surface area (Å²) < 4.78 is 75.3. The lowest BCUT2D eigenvalue weighted by molar-refractivity contribution is -0.318. The lowest BCUT2D eigenvalue weighted by Crippen LogP contribution is -2.61. The number of aromatic hydroxyl groups is 1. The number of likely N-dealkylation sites (N-methyl/N-ethyl adjacent to an activating group) is 1. The third kappa shape index (κ3) is 18.2. The number of cyclic esters (lactones) is 1. The van der Waals surface area contributed by atoms with Gasteiger partial charge in [0.2, 0.25) is 11.6 Å². The number of carbonyl (C=O) groups is 8. The summed E-state index contributed by atoms with van der Waals surface area (Å²) in [4.78, 5) is 119. The third-order valence-electron chi connectivity index (χ3n) is 23.0. The molecule has 5 bridgehead atoms. The largest absolute Gasteiger partial charge is 0.507 e. The number of phenolic OH excluding ortho intramolecular Hbond substituents is 1. The monoisotopic (exact) mass is 1510 g/mol. The quantitative estimate of drug-likeness (QED) is 0.0912. The van der Waals surface area contributed by atoms with Crippen LogP contribution >= 0.6 is 0 Å². The van der Waals surface area contributed by atoms with E-state index in [2.05, 4.69) is 10.6 Å². The third-order valence-corrected chi connectivity index (χ3v) is 23.0. The Hall–Kier alpha value is -6.78. The number of fused-ring (bicyclic) bond motifs is 14. The molecule has 1 aromatic rings. The van der Waals surface area contributed by atoms with Crippen molar-refractivity contribution in [3.63, 3.8) is 0 Å². The molecule has 1 aliphatic carbocycles. The second-order valence-corrected chi connectivity index (χ2v) is 31.0. The van der Waals surface area contributed by atoms with Gasteiger partial charge in [-0.25, -0.2) is 4.79 Å². The van der Waals surface area contributed by atoms with Crippen molar-refractivity contribution in [2.75, 3.05) is 48.5 Å². The minimum absolute atomic E-state index is 0.00312. The Morgan fingerprint density at radius 3 is 2.07 bits per heavy atom. The molecule has 0 aromatic heterocycles. The van der Waals surface area contributed by atoms with Crippen molar-refractivity contribution in [2.45, 2.75) is 270 Å². The topological polar surface area (TPSA) is 399 Å². The van der Waals surface area contributed by atoms with Crippen LogP contribution in [0.15, 0.2) is 47.5 Å². The van der Waals surface area contributed by atoms with Crippen molar-refractivity contribution in [2.24, 2.45) is 35.5 Å². The summed E-state index contributed by atoms with van der Waals surface area (Å²) in [6.07, 6.45) is -11.0. The Kier molecular flexibility index (Phi) is 28.1. The number of phenols is 1.